The maximum absolute atomic E-state index is 11.0. The molecule has 1 N–H and O–H groups in total. The molecule has 1 unspecified atom stereocenters. The van der Waals surface area contributed by atoms with Crippen LogP contribution in [0.3, 0.4) is 0 Å². The van der Waals surface area contributed by atoms with Crippen molar-refractivity contribution < 1.29 is 19.4 Å². The minimum Gasteiger partial charge on any atom is -0.490 e. The van der Waals surface area contributed by atoms with Gasteiger partial charge in [-0.1, -0.05) is 20.3 Å². The smallest absolute Gasteiger partial charge is 0.335 e. The van der Waals surface area contributed by atoms with Crippen LogP contribution in [-0.4, -0.2) is 24.3 Å². The Hall–Kier alpha value is -1.23. The highest BCUT2D eigenvalue weighted by Crippen LogP contribution is 2.37. The van der Waals surface area contributed by atoms with Crippen LogP contribution in [0.25, 0.3) is 0 Å². The topological polar surface area (TPSA) is 55.8 Å². The van der Waals surface area contributed by atoms with E-state index in [9.17, 15) is 4.79 Å². The van der Waals surface area contributed by atoms with Crippen LogP contribution in [0.1, 0.15) is 37.6 Å². The molecular formula is C14H19BrO4. The first-order valence-electron chi connectivity index (χ1n) is 6.32. The summed E-state index contributed by atoms with van der Waals surface area (Å²) in [5.41, 5.74) is 0.172. The zero-order valence-corrected chi connectivity index (χ0v) is 13.0. The van der Waals surface area contributed by atoms with Gasteiger partial charge in [0, 0.05) is 0 Å². The largest absolute Gasteiger partial charge is 0.490 e. The molecule has 0 saturated heterocycles. The number of ether oxygens (including phenoxy) is 2. The number of rotatable bonds is 7. The Morgan fingerprint density at radius 2 is 2.05 bits per heavy atom. The molecule has 0 aliphatic rings. The summed E-state index contributed by atoms with van der Waals surface area (Å²) >= 11 is 3.34. The molecule has 1 aromatic carbocycles. The van der Waals surface area contributed by atoms with E-state index in [2.05, 4.69) is 29.8 Å². The summed E-state index contributed by atoms with van der Waals surface area (Å²) in [6, 6.07) is 3.01. The van der Waals surface area contributed by atoms with Gasteiger partial charge in [-0.25, -0.2) is 4.79 Å². The lowest BCUT2D eigenvalue weighted by atomic mass is 10.1. The van der Waals surface area contributed by atoms with Gasteiger partial charge in [0.2, 0.25) is 0 Å². The van der Waals surface area contributed by atoms with E-state index in [-0.39, 0.29) is 5.56 Å². The third-order valence-corrected chi connectivity index (χ3v) is 3.35. The number of carboxylic acids is 1. The lowest BCUT2D eigenvalue weighted by Gasteiger charge is -2.16. The first-order chi connectivity index (χ1) is 8.99. The Morgan fingerprint density at radius 1 is 1.37 bits per heavy atom. The predicted octanol–water partition coefficient (Wildman–Crippen LogP) is 3.97. The highest BCUT2D eigenvalue weighted by Gasteiger charge is 2.16. The molecule has 1 aromatic rings. The first-order valence-corrected chi connectivity index (χ1v) is 7.11. The van der Waals surface area contributed by atoms with Crippen molar-refractivity contribution in [3.05, 3.63) is 22.2 Å². The van der Waals surface area contributed by atoms with Crippen molar-refractivity contribution in [3.63, 3.8) is 0 Å². The second-order valence-electron chi connectivity index (χ2n) is 4.35. The molecule has 1 rings (SSSR count). The molecule has 0 aliphatic heterocycles. The van der Waals surface area contributed by atoms with Gasteiger partial charge in [-0.05, 0) is 40.9 Å². The minimum atomic E-state index is -0.991. The van der Waals surface area contributed by atoms with Gasteiger partial charge in [-0.3, -0.25) is 0 Å². The zero-order valence-electron chi connectivity index (χ0n) is 11.4. The fourth-order valence-electron chi connectivity index (χ4n) is 1.44. The zero-order chi connectivity index (χ0) is 14.4. The molecule has 4 nitrogen and oxygen atoms in total. The molecule has 0 spiro atoms. The van der Waals surface area contributed by atoms with E-state index in [0.717, 1.165) is 6.42 Å². The molecule has 0 amide bonds. The highest BCUT2D eigenvalue weighted by molar-refractivity contribution is 9.10. The fraction of sp³-hybridized carbons (Fsp3) is 0.500. The van der Waals surface area contributed by atoms with Crippen LogP contribution in [0.15, 0.2) is 16.6 Å². The molecule has 1 atom stereocenters. The van der Waals surface area contributed by atoms with Gasteiger partial charge >= 0.3 is 5.97 Å². The van der Waals surface area contributed by atoms with Crippen molar-refractivity contribution in [2.24, 2.45) is 5.92 Å². The third kappa shape index (κ3) is 4.42. The van der Waals surface area contributed by atoms with Gasteiger partial charge in [0.25, 0.3) is 0 Å². The molecule has 0 heterocycles. The Kier molecular flexibility index (Phi) is 6.15. The maximum atomic E-state index is 11.0. The van der Waals surface area contributed by atoms with Crippen LogP contribution in [0.5, 0.6) is 11.5 Å². The Morgan fingerprint density at radius 3 is 2.58 bits per heavy atom. The van der Waals surface area contributed by atoms with Gasteiger partial charge in [-0.15, -0.1) is 0 Å². The van der Waals surface area contributed by atoms with E-state index < -0.39 is 5.97 Å². The highest BCUT2D eigenvalue weighted by atomic mass is 79.9. The van der Waals surface area contributed by atoms with E-state index in [4.69, 9.17) is 14.6 Å². The van der Waals surface area contributed by atoms with Crippen LogP contribution in [0, 0.1) is 5.92 Å². The van der Waals surface area contributed by atoms with Crippen molar-refractivity contribution in [2.45, 2.75) is 27.2 Å². The molecule has 0 aromatic heterocycles. The van der Waals surface area contributed by atoms with Crippen LogP contribution in [0.4, 0.5) is 0 Å². The Balaban J connectivity index is 3.03. The van der Waals surface area contributed by atoms with Crippen molar-refractivity contribution in [3.8, 4) is 11.5 Å². The van der Waals surface area contributed by atoms with Crippen LogP contribution in [-0.2, 0) is 0 Å². The van der Waals surface area contributed by atoms with Crippen LogP contribution < -0.4 is 9.47 Å². The monoisotopic (exact) mass is 330 g/mol. The summed E-state index contributed by atoms with van der Waals surface area (Å²) in [6.07, 6.45) is 1.02. The average molecular weight is 331 g/mol. The SMILES string of the molecule is CCOc1cc(C(=O)O)cc(Br)c1OCC(C)CC. The molecule has 0 bridgehead atoms. The van der Waals surface area contributed by atoms with Gasteiger partial charge < -0.3 is 14.6 Å². The van der Waals surface area contributed by atoms with Crippen molar-refractivity contribution >= 4 is 21.9 Å². The van der Waals surface area contributed by atoms with E-state index in [1.54, 1.807) is 0 Å². The minimum absolute atomic E-state index is 0.172. The van der Waals surface area contributed by atoms with E-state index in [1.807, 2.05) is 6.92 Å². The normalized spacial score (nSPS) is 12.0. The lowest BCUT2D eigenvalue weighted by Crippen LogP contribution is -2.09. The number of halogens is 1. The van der Waals surface area contributed by atoms with Gasteiger partial charge in [0.1, 0.15) is 0 Å². The van der Waals surface area contributed by atoms with E-state index >= 15 is 0 Å². The van der Waals surface area contributed by atoms with Crippen molar-refractivity contribution in [1.82, 2.24) is 0 Å². The second kappa shape index (κ2) is 7.38. The molecule has 0 fully saturated rings. The maximum Gasteiger partial charge on any atom is 0.335 e. The number of carboxylic acid groups (broad SMARTS) is 1. The van der Waals surface area contributed by atoms with Crippen molar-refractivity contribution in [1.29, 1.82) is 0 Å². The summed E-state index contributed by atoms with van der Waals surface area (Å²) in [6.45, 7) is 7.07. The van der Waals surface area contributed by atoms with E-state index in [0.29, 0.717) is 35.1 Å². The average Bonchev–Trinajstić information content (AvgIpc) is 2.37. The Labute approximate surface area is 121 Å². The summed E-state index contributed by atoms with van der Waals surface area (Å²) in [7, 11) is 0. The van der Waals surface area contributed by atoms with Crippen molar-refractivity contribution in [2.75, 3.05) is 13.2 Å². The van der Waals surface area contributed by atoms with Gasteiger partial charge in [0.05, 0.1) is 23.2 Å². The number of benzene rings is 1. The number of hydrogen-bond donors (Lipinski definition) is 1. The molecule has 19 heavy (non-hydrogen) atoms. The molecule has 5 heteroatoms. The molecular weight excluding hydrogens is 312 g/mol. The molecule has 0 radical (unpaired) electrons. The first kappa shape index (κ1) is 15.8. The second-order valence-corrected chi connectivity index (χ2v) is 5.20. The van der Waals surface area contributed by atoms with Gasteiger partial charge in [0.15, 0.2) is 11.5 Å². The fourth-order valence-corrected chi connectivity index (χ4v) is 1.99. The summed E-state index contributed by atoms with van der Waals surface area (Å²) in [5.74, 6) is 0.459. The summed E-state index contributed by atoms with van der Waals surface area (Å²) < 4.78 is 11.8. The third-order valence-electron chi connectivity index (χ3n) is 2.77. The molecule has 0 saturated carbocycles. The quantitative estimate of drug-likeness (QED) is 0.821. The van der Waals surface area contributed by atoms with Crippen LogP contribution >= 0.6 is 15.9 Å². The molecule has 106 valence electrons. The number of hydrogen-bond acceptors (Lipinski definition) is 3. The number of aromatic carboxylic acids is 1. The Bertz CT molecular complexity index is 445. The van der Waals surface area contributed by atoms with Crippen LogP contribution in [0.2, 0.25) is 0 Å². The van der Waals surface area contributed by atoms with E-state index in [1.165, 1.54) is 12.1 Å². The molecule has 0 aliphatic carbocycles. The predicted molar refractivity (Wildman–Crippen MR) is 77.2 cm³/mol. The lowest BCUT2D eigenvalue weighted by molar-refractivity contribution is 0.0696. The summed E-state index contributed by atoms with van der Waals surface area (Å²) in [4.78, 5) is 11.0. The van der Waals surface area contributed by atoms with Gasteiger partial charge in [-0.2, -0.15) is 0 Å². The number of carbonyl (C=O) groups is 1. The standard InChI is InChI=1S/C14H19BrO4/c1-4-9(3)8-19-13-11(15)6-10(14(16)17)7-12(13)18-5-2/h6-7,9H,4-5,8H2,1-3H3,(H,16,17). The summed E-state index contributed by atoms with van der Waals surface area (Å²) in [5, 5.41) is 9.03.